The summed E-state index contributed by atoms with van der Waals surface area (Å²) in [5, 5.41) is 2.94. The van der Waals surface area contributed by atoms with Crippen molar-refractivity contribution >= 4 is 17.3 Å². The average molecular weight is 406 g/mol. The molecule has 1 saturated heterocycles. The van der Waals surface area contributed by atoms with E-state index < -0.39 is 11.7 Å². The lowest BCUT2D eigenvalue weighted by Gasteiger charge is -2.29. The average Bonchev–Trinajstić information content (AvgIpc) is 2.65. The Morgan fingerprint density at radius 3 is 2.38 bits per heavy atom. The number of benzene rings is 2. The first-order chi connectivity index (χ1) is 13.7. The maximum absolute atomic E-state index is 13.6. The van der Waals surface area contributed by atoms with Crippen LogP contribution in [0.4, 0.5) is 24.5 Å². The highest BCUT2D eigenvalue weighted by Crippen LogP contribution is 2.35. The Kier molecular flexibility index (Phi) is 6.32. The van der Waals surface area contributed by atoms with E-state index in [9.17, 15) is 13.2 Å². The van der Waals surface area contributed by atoms with Gasteiger partial charge in [-0.15, -0.1) is 0 Å². The van der Waals surface area contributed by atoms with E-state index in [1.807, 2.05) is 36.9 Å². The second-order valence-corrected chi connectivity index (χ2v) is 7.14. The standard InChI is InChI=1S/C21H25F3N4O/c1-14-9-15(2)11-17(10-14)27-20(25)26-13-16-3-4-18(12-19(16)21(22,23)24)28-5-7-29-8-6-28/h3-4,9-12H,5-8,13H2,1-2H3,(H3,25,26,27). The zero-order valence-electron chi connectivity index (χ0n) is 16.5. The van der Waals surface area contributed by atoms with Gasteiger partial charge in [0.05, 0.1) is 25.3 Å². The van der Waals surface area contributed by atoms with E-state index in [1.165, 1.54) is 12.1 Å². The number of nitrogens with two attached hydrogens (primary N) is 1. The lowest BCUT2D eigenvalue weighted by molar-refractivity contribution is -0.138. The minimum absolute atomic E-state index is 0.0698. The monoisotopic (exact) mass is 406 g/mol. The summed E-state index contributed by atoms with van der Waals surface area (Å²) >= 11 is 0. The van der Waals surface area contributed by atoms with Gasteiger partial charge >= 0.3 is 6.18 Å². The van der Waals surface area contributed by atoms with Gasteiger partial charge in [0.2, 0.25) is 0 Å². The molecule has 0 amide bonds. The quantitative estimate of drug-likeness (QED) is 0.593. The van der Waals surface area contributed by atoms with E-state index in [2.05, 4.69) is 10.3 Å². The third-order valence-electron chi connectivity index (χ3n) is 4.69. The Morgan fingerprint density at radius 2 is 1.76 bits per heavy atom. The number of alkyl halides is 3. The topological polar surface area (TPSA) is 62.9 Å². The molecule has 0 atom stereocenters. The van der Waals surface area contributed by atoms with Crippen LogP contribution in [0.5, 0.6) is 0 Å². The zero-order valence-corrected chi connectivity index (χ0v) is 16.5. The maximum atomic E-state index is 13.6. The third-order valence-corrected chi connectivity index (χ3v) is 4.69. The maximum Gasteiger partial charge on any atom is 0.416 e. The molecule has 3 rings (SSSR count). The first-order valence-corrected chi connectivity index (χ1v) is 9.40. The molecule has 0 saturated carbocycles. The molecule has 1 heterocycles. The summed E-state index contributed by atoms with van der Waals surface area (Å²) < 4.78 is 46.1. The van der Waals surface area contributed by atoms with Crippen molar-refractivity contribution < 1.29 is 17.9 Å². The molecule has 0 aliphatic carbocycles. The second-order valence-electron chi connectivity index (χ2n) is 7.14. The predicted octanol–water partition coefficient (Wildman–Crippen LogP) is 4.09. The number of morpholine rings is 1. The molecule has 2 aromatic rings. The van der Waals surface area contributed by atoms with Gasteiger partial charge in [0.25, 0.3) is 0 Å². The summed E-state index contributed by atoms with van der Waals surface area (Å²) in [6.07, 6.45) is -4.47. The molecule has 0 spiro atoms. The van der Waals surface area contributed by atoms with Crippen molar-refractivity contribution in [3.05, 3.63) is 58.7 Å². The first kappa shape index (κ1) is 21.0. The van der Waals surface area contributed by atoms with Gasteiger partial charge in [0, 0.05) is 24.5 Å². The molecule has 1 aliphatic heterocycles. The molecule has 0 unspecified atom stereocenters. The Bertz CT molecular complexity index is 870. The first-order valence-electron chi connectivity index (χ1n) is 9.40. The minimum atomic E-state index is -4.47. The van der Waals surface area contributed by atoms with Gasteiger partial charge in [-0.3, -0.25) is 0 Å². The van der Waals surface area contributed by atoms with Gasteiger partial charge in [-0.1, -0.05) is 12.1 Å². The van der Waals surface area contributed by atoms with Crippen molar-refractivity contribution in [2.24, 2.45) is 10.7 Å². The highest BCUT2D eigenvalue weighted by molar-refractivity contribution is 5.92. The molecule has 8 heteroatoms. The van der Waals surface area contributed by atoms with Crippen LogP contribution < -0.4 is 16.0 Å². The van der Waals surface area contributed by atoms with E-state index in [0.29, 0.717) is 32.0 Å². The summed E-state index contributed by atoms with van der Waals surface area (Å²) in [7, 11) is 0. The number of nitrogens with one attached hydrogen (secondary N) is 1. The number of hydrogen-bond acceptors (Lipinski definition) is 3. The fourth-order valence-corrected chi connectivity index (χ4v) is 3.39. The molecule has 3 N–H and O–H groups in total. The summed E-state index contributed by atoms with van der Waals surface area (Å²) in [6, 6.07) is 10.2. The predicted molar refractivity (Wildman–Crippen MR) is 109 cm³/mol. The Morgan fingerprint density at radius 1 is 1.10 bits per heavy atom. The molecule has 1 aliphatic rings. The third kappa shape index (κ3) is 5.63. The molecule has 1 fully saturated rings. The minimum Gasteiger partial charge on any atom is -0.378 e. The number of rotatable bonds is 4. The number of aryl methyl sites for hydroxylation is 2. The normalized spacial score (nSPS) is 15.5. The SMILES string of the molecule is Cc1cc(C)cc(NC(N)=NCc2ccc(N3CCOCC3)cc2C(F)(F)F)c1. The van der Waals surface area contributed by atoms with Crippen LogP contribution in [0.25, 0.3) is 0 Å². The largest absolute Gasteiger partial charge is 0.416 e. The molecular weight excluding hydrogens is 381 g/mol. The number of nitrogens with zero attached hydrogens (tertiary/aromatic N) is 2. The lowest BCUT2D eigenvalue weighted by atomic mass is 10.1. The highest BCUT2D eigenvalue weighted by atomic mass is 19.4. The van der Waals surface area contributed by atoms with Crippen LogP contribution in [0.2, 0.25) is 0 Å². The second kappa shape index (κ2) is 8.73. The molecule has 156 valence electrons. The van der Waals surface area contributed by atoms with Crippen molar-refractivity contribution in [3.8, 4) is 0 Å². The number of halogens is 3. The van der Waals surface area contributed by atoms with E-state index >= 15 is 0 Å². The number of aliphatic imine (C=N–C) groups is 1. The Hall–Kier alpha value is -2.74. The smallest absolute Gasteiger partial charge is 0.378 e. The van der Waals surface area contributed by atoms with Crippen molar-refractivity contribution in [3.63, 3.8) is 0 Å². The molecule has 29 heavy (non-hydrogen) atoms. The zero-order chi connectivity index (χ0) is 21.0. The van der Waals surface area contributed by atoms with Crippen molar-refractivity contribution in [1.82, 2.24) is 0 Å². The van der Waals surface area contributed by atoms with Crippen LogP contribution in [0.15, 0.2) is 41.4 Å². The van der Waals surface area contributed by atoms with E-state index in [0.717, 1.165) is 16.8 Å². The van der Waals surface area contributed by atoms with Gasteiger partial charge in [-0.05, 0) is 54.8 Å². The molecule has 0 radical (unpaired) electrons. The van der Waals surface area contributed by atoms with Crippen LogP contribution >= 0.6 is 0 Å². The fourth-order valence-electron chi connectivity index (χ4n) is 3.39. The van der Waals surface area contributed by atoms with Crippen LogP contribution in [0.3, 0.4) is 0 Å². The van der Waals surface area contributed by atoms with Gasteiger partial charge in [0.1, 0.15) is 0 Å². The Balaban J connectivity index is 1.79. The van der Waals surface area contributed by atoms with Gasteiger partial charge in [-0.2, -0.15) is 13.2 Å². The van der Waals surface area contributed by atoms with Gasteiger partial charge < -0.3 is 20.7 Å². The summed E-state index contributed by atoms with van der Waals surface area (Å²) in [5.74, 6) is 0.0698. The molecule has 0 aromatic heterocycles. The van der Waals surface area contributed by atoms with Crippen LogP contribution in [-0.4, -0.2) is 32.3 Å². The lowest BCUT2D eigenvalue weighted by Crippen LogP contribution is -2.36. The van der Waals surface area contributed by atoms with Crippen LogP contribution in [0, 0.1) is 13.8 Å². The highest BCUT2D eigenvalue weighted by Gasteiger charge is 2.34. The summed E-state index contributed by atoms with van der Waals surface area (Å²) in [5.41, 5.74) is 8.68. The van der Waals surface area contributed by atoms with Crippen molar-refractivity contribution in [1.29, 1.82) is 0 Å². The fraction of sp³-hybridized carbons (Fsp3) is 0.381. The van der Waals surface area contributed by atoms with Gasteiger partial charge in [-0.25, -0.2) is 4.99 Å². The number of anilines is 2. The number of hydrogen-bond donors (Lipinski definition) is 2. The summed E-state index contributed by atoms with van der Waals surface area (Å²) in [6.45, 7) is 5.90. The van der Waals surface area contributed by atoms with E-state index in [1.54, 1.807) is 6.07 Å². The molecular formula is C21H25F3N4O. The Labute approximate surface area is 168 Å². The van der Waals surface area contributed by atoms with E-state index in [-0.39, 0.29) is 18.1 Å². The number of guanidine groups is 1. The molecule has 5 nitrogen and oxygen atoms in total. The van der Waals surface area contributed by atoms with Gasteiger partial charge in [0.15, 0.2) is 5.96 Å². The van der Waals surface area contributed by atoms with Crippen LogP contribution in [-0.2, 0) is 17.5 Å². The number of ether oxygens (including phenoxy) is 1. The molecule has 0 bridgehead atoms. The van der Waals surface area contributed by atoms with Crippen molar-refractivity contribution in [2.75, 3.05) is 36.5 Å². The molecule has 2 aromatic carbocycles. The van der Waals surface area contributed by atoms with Crippen molar-refractivity contribution in [2.45, 2.75) is 26.6 Å². The van der Waals surface area contributed by atoms with Crippen LogP contribution in [0.1, 0.15) is 22.3 Å². The summed E-state index contributed by atoms with van der Waals surface area (Å²) in [4.78, 5) is 6.01. The van der Waals surface area contributed by atoms with E-state index in [4.69, 9.17) is 10.5 Å².